The van der Waals surface area contributed by atoms with Gasteiger partial charge < -0.3 is 9.84 Å². The van der Waals surface area contributed by atoms with Crippen molar-refractivity contribution >= 4 is 12.1 Å². The second kappa shape index (κ2) is 4.02. The third-order valence-electron chi connectivity index (χ3n) is 3.75. The Balaban J connectivity index is 2.22. The highest BCUT2D eigenvalue weighted by atomic mass is 19.4. The third-order valence-corrected chi connectivity index (χ3v) is 3.75. The maximum atomic E-state index is 13.0. The third kappa shape index (κ3) is 2.20. The molecule has 20 heavy (non-hydrogen) atoms. The smallest absolute Gasteiger partial charge is 0.411 e. The molecular weight excluding hydrogens is 279 g/mol. The van der Waals surface area contributed by atoms with Crippen LogP contribution in [0.25, 0.3) is 0 Å². The molecule has 1 saturated carbocycles. The van der Waals surface area contributed by atoms with Gasteiger partial charge in [-0.15, -0.1) is 0 Å². The number of hydrogen-bond acceptors (Lipinski definition) is 3. The number of carboxylic acid groups (broad SMARTS) is 1. The quantitative estimate of drug-likeness (QED) is 0.805. The summed E-state index contributed by atoms with van der Waals surface area (Å²) in [6.45, 7) is 4.05. The van der Waals surface area contributed by atoms with E-state index in [4.69, 9.17) is 9.84 Å². The number of likely N-dealkylation sites (tertiary alicyclic amines) is 1. The molecule has 0 radical (unpaired) electrons. The fourth-order valence-corrected chi connectivity index (χ4v) is 2.77. The van der Waals surface area contributed by atoms with Gasteiger partial charge >= 0.3 is 18.2 Å². The summed E-state index contributed by atoms with van der Waals surface area (Å²) in [5.41, 5.74) is -2.97. The van der Waals surface area contributed by atoms with Gasteiger partial charge in [-0.3, -0.25) is 4.90 Å². The van der Waals surface area contributed by atoms with E-state index in [1.165, 1.54) is 0 Å². The summed E-state index contributed by atoms with van der Waals surface area (Å²) < 4.78 is 44.1. The highest BCUT2D eigenvalue weighted by Gasteiger charge is 2.79. The predicted octanol–water partition coefficient (Wildman–Crippen LogP) is 2.26. The number of carbonyl (C=O) groups excluding carboxylic acids is 1. The average molecular weight is 295 g/mol. The first-order chi connectivity index (χ1) is 8.89. The standard InChI is InChI=1S/C12H16F3NO4/c1-10(2,3)20-9(19)16-5-11(12(13,14)15)4-6(11)7(16)8(17)18/h6-7H,4-5H2,1-3H3,(H,17,18)/t6-,7-,11-/m0/s1. The Bertz CT molecular complexity index is 457. The topological polar surface area (TPSA) is 66.8 Å². The van der Waals surface area contributed by atoms with Crippen LogP contribution in [0.4, 0.5) is 18.0 Å². The van der Waals surface area contributed by atoms with E-state index >= 15 is 0 Å². The first-order valence-corrected chi connectivity index (χ1v) is 6.18. The van der Waals surface area contributed by atoms with E-state index in [9.17, 15) is 22.8 Å². The molecule has 0 aromatic rings. The van der Waals surface area contributed by atoms with Gasteiger partial charge in [0.1, 0.15) is 11.6 Å². The van der Waals surface area contributed by atoms with E-state index in [2.05, 4.69) is 0 Å². The number of aliphatic carboxylic acids is 1. The van der Waals surface area contributed by atoms with Crippen LogP contribution in [0, 0.1) is 11.3 Å². The SMILES string of the molecule is CC(C)(C)OC(=O)N1C[C@@]2(C(F)(F)F)C[C@H]2[C@H]1C(=O)O. The number of carbonyl (C=O) groups is 2. The number of piperidine rings is 1. The Kier molecular flexibility index (Phi) is 3.00. The van der Waals surface area contributed by atoms with Gasteiger partial charge in [0.25, 0.3) is 0 Å². The highest BCUT2D eigenvalue weighted by Crippen LogP contribution is 2.68. The molecule has 1 amide bonds. The van der Waals surface area contributed by atoms with E-state index in [1.807, 2.05) is 0 Å². The molecule has 0 spiro atoms. The van der Waals surface area contributed by atoms with Crippen LogP contribution in [0.3, 0.4) is 0 Å². The van der Waals surface area contributed by atoms with Crippen LogP contribution >= 0.6 is 0 Å². The Hall–Kier alpha value is -1.47. The largest absolute Gasteiger partial charge is 0.480 e. The van der Waals surface area contributed by atoms with Crippen LogP contribution in [-0.4, -0.2) is 46.4 Å². The van der Waals surface area contributed by atoms with Crippen molar-refractivity contribution in [1.82, 2.24) is 4.90 Å². The Morgan fingerprint density at radius 2 is 1.85 bits per heavy atom. The van der Waals surface area contributed by atoms with Crippen LogP contribution < -0.4 is 0 Å². The maximum Gasteiger partial charge on any atom is 0.411 e. The van der Waals surface area contributed by atoms with Gasteiger partial charge in [0.2, 0.25) is 0 Å². The number of hydrogen-bond donors (Lipinski definition) is 1. The second-order valence-electron chi connectivity index (χ2n) is 6.36. The van der Waals surface area contributed by atoms with Gasteiger partial charge in [-0.1, -0.05) is 0 Å². The molecule has 0 aromatic heterocycles. The van der Waals surface area contributed by atoms with Gasteiger partial charge in [0, 0.05) is 12.5 Å². The molecule has 1 aliphatic heterocycles. The number of nitrogens with zero attached hydrogens (tertiary/aromatic N) is 1. The lowest BCUT2D eigenvalue weighted by atomic mass is 10.0. The maximum absolute atomic E-state index is 13.0. The molecule has 1 heterocycles. The van der Waals surface area contributed by atoms with E-state index in [-0.39, 0.29) is 6.42 Å². The van der Waals surface area contributed by atoms with Crippen LogP contribution in [-0.2, 0) is 9.53 Å². The molecule has 8 heteroatoms. The number of fused-ring (bicyclic) bond motifs is 1. The Morgan fingerprint density at radius 1 is 1.30 bits per heavy atom. The molecular formula is C12H16F3NO4. The van der Waals surface area contributed by atoms with Crippen molar-refractivity contribution in [3.8, 4) is 0 Å². The number of halogens is 3. The van der Waals surface area contributed by atoms with Crippen LogP contribution in [0.15, 0.2) is 0 Å². The molecule has 3 atom stereocenters. The number of carboxylic acids is 1. The van der Waals surface area contributed by atoms with Crippen molar-refractivity contribution in [2.24, 2.45) is 11.3 Å². The van der Waals surface area contributed by atoms with Gasteiger partial charge in [0.15, 0.2) is 0 Å². The Morgan fingerprint density at radius 3 is 2.25 bits per heavy atom. The summed E-state index contributed by atoms with van der Waals surface area (Å²) in [6.07, 6.45) is -5.77. The van der Waals surface area contributed by atoms with E-state index in [0.29, 0.717) is 4.90 Å². The lowest BCUT2D eigenvalue weighted by molar-refractivity contribution is -0.187. The van der Waals surface area contributed by atoms with Crippen molar-refractivity contribution < 1.29 is 32.6 Å². The van der Waals surface area contributed by atoms with Crippen molar-refractivity contribution in [1.29, 1.82) is 0 Å². The van der Waals surface area contributed by atoms with Crippen LogP contribution in [0.1, 0.15) is 27.2 Å². The fraction of sp³-hybridized carbons (Fsp3) is 0.833. The van der Waals surface area contributed by atoms with E-state index < -0.39 is 47.8 Å². The van der Waals surface area contributed by atoms with E-state index in [1.54, 1.807) is 20.8 Å². The summed E-state index contributed by atoms with van der Waals surface area (Å²) in [7, 11) is 0. The summed E-state index contributed by atoms with van der Waals surface area (Å²) in [5, 5.41) is 9.09. The molecule has 0 bridgehead atoms. The molecule has 0 aromatic carbocycles. The van der Waals surface area contributed by atoms with Gasteiger partial charge in [-0.05, 0) is 27.2 Å². The average Bonchev–Trinajstić information content (AvgIpc) is 2.81. The number of amides is 1. The van der Waals surface area contributed by atoms with Crippen molar-refractivity contribution in [2.75, 3.05) is 6.54 Å². The summed E-state index contributed by atoms with van der Waals surface area (Å²) >= 11 is 0. The minimum atomic E-state index is -4.51. The molecule has 114 valence electrons. The van der Waals surface area contributed by atoms with Crippen LogP contribution in [0.2, 0.25) is 0 Å². The van der Waals surface area contributed by atoms with Crippen molar-refractivity contribution in [2.45, 2.75) is 45.0 Å². The zero-order valence-corrected chi connectivity index (χ0v) is 11.3. The highest BCUT2D eigenvalue weighted by molar-refractivity contribution is 5.82. The number of alkyl halides is 3. The summed E-state index contributed by atoms with van der Waals surface area (Å²) in [5.74, 6) is -2.50. The number of ether oxygens (including phenoxy) is 1. The van der Waals surface area contributed by atoms with Crippen molar-refractivity contribution in [3.05, 3.63) is 0 Å². The van der Waals surface area contributed by atoms with Gasteiger partial charge in [-0.2, -0.15) is 13.2 Å². The monoisotopic (exact) mass is 295 g/mol. The zero-order valence-electron chi connectivity index (χ0n) is 11.3. The van der Waals surface area contributed by atoms with Crippen molar-refractivity contribution in [3.63, 3.8) is 0 Å². The fourth-order valence-electron chi connectivity index (χ4n) is 2.77. The van der Waals surface area contributed by atoms with Gasteiger partial charge in [0.05, 0.1) is 5.41 Å². The second-order valence-corrected chi connectivity index (χ2v) is 6.36. The van der Waals surface area contributed by atoms with Crippen LogP contribution in [0.5, 0.6) is 0 Å². The first-order valence-electron chi connectivity index (χ1n) is 6.18. The first kappa shape index (κ1) is 14.9. The summed E-state index contributed by atoms with van der Waals surface area (Å²) in [6, 6.07) is -1.47. The summed E-state index contributed by atoms with van der Waals surface area (Å²) in [4.78, 5) is 23.7. The normalized spacial score (nSPS) is 32.8. The Labute approximate surface area is 113 Å². The molecule has 2 fully saturated rings. The number of rotatable bonds is 1. The molecule has 1 saturated heterocycles. The minimum Gasteiger partial charge on any atom is -0.480 e. The molecule has 0 unspecified atom stereocenters. The zero-order chi connectivity index (χ0) is 15.5. The van der Waals surface area contributed by atoms with Gasteiger partial charge in [-0.25, -0.2) is 9.59 Å². The molecule has 1 aliphatic carbocycles. The molecule has 5 nitrogen and oxygen atoms in total. The molecule has 2 aliphatic rings. The lowest BCUT2D eigenvalue weighted by Crippen LogP contribution is -2.46. The molecule has 2 rings (SSSR count). The van der Waals surface area contributed by atoms with E-state index in [0.717, 1.165) is 0 Å². The minimum absolute atomic E-state index is 0.243. The predicted molar refractivity (Wildman–Crippen MR) is 61.0 cm³/mol. The lowest BCUT2D eigenvalue weighted by Gasteiger charge is -2.29. The molecule has 1 N–H and O–H groups in total.